The third-order valence-electron chi connectivity index (χ3n) is 6.74. The Morgan fingerprint density at radius 1 is 1.06 bits per heavy atom. The van der Waals surface area contributed by atoms with Gasteiger partial charge in [0.1, 0.15) is 12.6 Å². The number of benzene rings is 3. The molecule has 186 valence electrons. The van der Waals surface area contributed by atoms with E-state index in [1.807, 2.05) is 54.6 Å². The molecule has 2 heterocycles. The zero-order chi connectivity index (χ0) is 25.1. The van der Waals surface area contributed by atoms with Crippen LogP contribution in [0.4, 0.5) is 0 Å². The summed E-state index contributed by atoms with van der Waals surface area (Å²) in [6, 6.07) is 21.3. The van der Waals surface area contributed by atoms with Crippen LogP contribution in [0.3, 0.4) is 0 Å². The number of ether oxygens (including phenoxy) is 3. The van der Waals surface area contributed by atoms with Crippen LogP contribution in [-0.2, 0) is 11.4 Å². The van der Waals surface area contributed by atoms with Crippen LogP contribution in [0.1, 0.15) is 35.6 Å². The lowest BCUT2D eigenvalue weighted by Gasteiger charge is -2.32. The van der Waals surface area contributed by atoms with E-state index >= 15 is 0 Å². The number of rotatable bonds is 9. The summed E-state index contributed by atoms with van der Waals surface area (Å²) in [6.07, 6.45) is 1.46. The average molecular weight is 504 g/mol. The topological polar surface area (TPSA) is 68.2 Å². The molecule has 0 aliphatic carbocycles. The Balaban J connectivity index is 1.61. The van der Waals surface area contributed by atoms with E-state index in [0.29, 0.717) is 36.8 Å². The summed E-state index contributed by atoms with van der Waals surface area (Å²) < 4.78 is 18.9. The molecule has 7 heteroatoms. The summed E-state index contributed by atoms with van der Waals surface area (Å²) in [4.78, 5) is 14.3. The van der Waals surface area contributed by atoms with E-state index in [2.05, 4.69) is 22.4 Å². The zero-order valence-electron chi connectivity index (χ0n) is 20.3. The monoisotopic (exact) mass is 503 g/mol. The fraction of sp³-hybridized carbons (Fsp3) is 0.276. The predicted molar refractivity (Wildman–Crippen MR) is 141 cm³/mol. The Hall–Kier alpha value is -3.55. The lowest BCUT2D eigenvalue weighted by Crippen LogP contribution is -2.39. The first kappa shape index (κ1) is 24.2. The molecule has 0 radical (unpaired) electrons. The Morgan fingerprint density at radius 2 is 1.75 bits per heavy atom. The first-order chi connectivity index (χ1) is 17.6. The van der Waals surface area contributed by atoms with Gasteiger partial charge in [0.15, 0.2) is 11.5 Å². The van der Waals surface area contributed by atoms with Crippen LogP contribution in [0.15, 0.2) is 72.1 Å². The van der Waals surface area contributed by atoms with Crippen LogP contribution in [0.2, 0.25) is 0 Å². The smallest absolute Gasteiger partial charge is 0.320 e. The van der Waals surface area contributed by atoms with Crippen LogP contribution in [0.25, 0.3) is 10.1 Å². The van der Waals surface area contributed by atoms with E-state index in [9.17, 15) is 9.90 Å². The maximum absolute atomic E-state index is 12.2. The molecular weight excluding hydrogens is 474 g/mol. The van der Waals surface area contributed by atoms with E-state index in [4.69, 9.17) is 14.2 Å². The standard InChI is InChI=1S/C29H29NO5S/c1-33-24-15-20(16-25(34-2)28(24)35-17-19-9-4-3-5-10-19)27(30-14-8-12-23(30)29(31)32)22-18-36-26-13-7-6-11-21(22)26/h3-7,9-11,13,15-16,18,23,27H,8,12,14,17H2,1-2H3,(H,31,32). The number of hydrogen-bond donors (Lipinski definition) is 1. The maximum Gasteiger partial charge on any atom is 0.320 e. The molecule has 1 fully saturated rings. The quantitative estimate of drug-likeness (QED) is 0.296. The molecule has 0 saturated carbocycles. The Kier molecular flexibility index (Phi) is 7.11. The molecule has 1 saturated heterocycles. The van der Waals surface area contributed by atoms with Crippen molar-refractivity contribution < 1.29 is 24.1 Å². The van der Waals surface area contributed by atoms with Gasteiger partial charge in [-0.15, -0.1) is 11.3 Å². The first-order valence-electron chi connectivity index (χ1n) is 12.0. The molecular formula is C29H29NO5S. The number of fused-ring (bicyclic) bond motifs is 1. The van der Waals surface area contributed by atoms with Gasteiger partial charge in [-0.25, -0.2) is 0 Å². The van der Waals surface area contributed by atoms with Gasteiger partial charge in [-0.05, 0) is 58.5 Å². The minimum Gasteiger partial charge on any atom is -0.493 e. The number of carboxylic acid groups (broad SMARTS) is 1. The predicted octanol–water partition coefficient (Wildman–Crippen LogP) is 6.14. The van der Waals surface area contributed by atoms with E-state index in [-0.39, 0.29) is 6.04 Å². The fourth-order valence-electron chi connectivity index (χ4n) is 5.05. The van der Waals surface area contributed by atoms with Crippen molar-refractivity contribution >= 4 is 27.4 Å². The molecule has 1 aromatic heterocycles. The number of nitrogens with zero attached hydrogens (tertiary/aromatic N) is 1. The van der Waals surface area contributed by atoms with Gasteiger partial charge in [-0.1, -0.05) is 48.5 Å². The second-order valence-electron chi connectivity index (χ2n) is 8.85. The Labute approximate surface area is 214 Å². The van der Waals surface area contributed by atoms with Crippen LogP contribution < -0.4 is 14.2 Å². The lowest BCUT2D eigenvalue weighted by molar-refractivity contribution is -0.142. The molecule has 1 aliphatic heterocycles. The van der Waals surface area contributed by atoms with Crippen molar-refractivity contribution in [2.45, 2.75) is 31.5 Å². The third kappa shape index (κ3) is 4.64. The SMILES string of the molecule is COc1cc(C(c2csc3ccccc23)N2CCCC2C(=O)O)cc(OC)c1OCc1ccccc1. The summed E-state index contributed by atoms with van der Waals surface area (Å²) in [5.41, 5.74) is 3.04. The van der Waals surface area contributed by atoms with Crippen molar-refractivity contribution in [3.63, 3.8) is 0 Å². The van der Waals surface area contributed by atoms with Crippen molar-refractivity contribution in [2.75, 3.05) is 20.8 Å². The van der Waals surface area contributed by atoms with Gasteiger partial charge in [-0.3, -0.25) is 9.69 Å². The molecule has 3 aromatic carbocycles. The van der Waals surface area contributed by atoms with Crippen molar-refractivity contribution in [2.24, 2.45) is 0 Å². The van der Waals surface area contributed by atoms with Crippen molar-refractivity contribution in [1.82, 2.24) is 4.90 Å². The zero-order valence-corrected chi connectivity index (χ0v) is 21.2. The van der Waals surface area contributed by atoms with Gasteiger partial charge >= 0.3 is 5.97 Å². The summed E-state index contributed by atoms with van der Waals surface area (Å²) in [5, 5.41) is 13.3. The fourth-order valence-corrected chi connectivity index (χ4v) is 6.03. The molecule has 2 unspecified atom stereocenters. The summed E-state index contributed by atoms with van der Waals surface area (Å²) >= 11 is 1.67. The minimum atomic E-state index is -0.793. The molecule has 0 spiro atoms. The number of hydrogen-bond acceptors (Lipinski definition) is 6. The first-order valence-corrected chi connectivity index (χ1v) is 12.9. The minimum absolute atomic E-state index is 0.268. The number of carboxylic acids is 1. The normalized spacial score (nSPS) is 16.7. The van der Waals surface area contributed by atoms with Crippen LogP contribution >= 0.6 is 11.3 Å². The van der Waals surface area contributed by atoms with Gasteiger partial charge in [0.05, 0.1) is 20.3 Å². The van der Waals surface area contributed by atoms with Gasteiger partial charge in [0, 0.05) is 11.2 Å². The van der Waals surface area contributed by atoms with E-state index in [0.717, 1.165) is 28.5 Å². The van der Waals surface area contributed by atoms with E-state index in [1.54, 1.807) is 25.6 Å². The van der Waals surface area contributed by atoms with Gasteiger partial charge in [0.2, 0.25) is 5.75 Å². The number of methoxy groups -OCH3 is 2. The second-order valence-corrected chi connectivity index (χ2v) is 9.76. The number of likely N-dealkylation sites (tertiary alicyclic amines) is 1. The van der Waals surface area contributed by atoms with Crippen molar-refractivity contribution in [3.8, 4) is 17.2 Å². The molecule has 4 aromatic rings. The highest BCUT2D eigenvalue weighted by Crippen LogP contribution is 2.46. The molecule has 36 heavy (non-hydrogen) atoms. The molecule has 5 rings (SSSR count). The third-order valence-corrected chi connectivity index (χ3v) is 7.72. The molecule has 2 atom stereocenters. The van der Waals surface area contributed by atoms with Gasteiger partial charge in [-0.2, -0.15) is 0 Å². The highest BCUT2D eigenvalue weighted by atomic mass is 32.1. The van der Waals surface area contributed by atoms with E-state index < -0.39 is 12.0 Å². The Bertz CT molecular complexity index is 1330. The highest BCUT2D eigenvalue weighted by molar-refractivity contribution is 7.17. The van der Waals surface area contributed by atoms with Crippen molar-refractivity contribution in [1.29, 1.82) is 0 Å². The van der Waals surface area contributed by atoms with Crippen LogP contribution in [-0.4, -0.2) is 42.8 Å². The van der Waals surface area contributed by atoms with Crippen LogP contribution in [0, 0.1) is 0 Å². The second kappa shape index (κ2) is 10.6. The summed E-state index contributed by atoms with van der Waals surface area (Å²) in [7, 11) is 3.22. The molecule has 0 amide bonds. The van der Waals surface area contributed by atoms with Gasteiger partial charge < -0.3 is 19.3 Å². The largest absolute Gasteiger partial charge is 0.493 e. The summed E-state index contributed by atoms with van der Waals surface area (Å²) in [5.74, 6) is 0.836. The van der Waals surface area contributed by atoms with Crippen LogP contribution in [0.5, 0.6) is 17.2 Å². The average Bonchev–Trinajstić information content (AvgIpc) is 3.56. The molecule has 1 N–H and O–H groups in total. The number of carbonyl (C=O) groups is 1. The van der Waals surface area contributed by atoms with Gasteiger partial charge in [0.25, 0.3) is 0 Å². The molecule has 1 aliphatic rings. The highest BCUT2D eigenvalue weighted by Gasteiger charge is 2.38. The Morgan fingerprint density at radius 3 is 2.44 bits per heavy atom. The number of aliphatic carboxylic acids is 1. The number of thiophene rings is 1. The van der Waals surface area contributed by atoms with Crippen molar-refractivity contribution in [3.05, 3.63) is 88.8 Å². The van der Waals surface area contributed by atoms with E-state index in [1.165, 1.54) is 4.70 Å². The maximum atomic E-state index is 12.2. The molecule has 0 bridgehead atoms. The lowest BCUT2D eigenvalue weighted by atomic mass is 9.95. The molecule has 6 nitrogen and oxygen atoms in total. The summed E-state index contributed by atoms with van der Waals surface area (Å²) in [6.45, 7) is 1.07.